The van der Waals surface area contributed by atoms with Crippen molar-refractivity contribution in [2.75, 3.05) is 12.7 Å². The van der Waals surface area contributed by atoms with Gasteiger partial charge in [-0.15, -0.1) is 0 Å². The fourth-order valence-corrected chi connectivity index (χ4v) is 3.32. The van der Waals surface area contributed by atoms with E-state index in [0.717, 1.165) is 20.8 Å². The molecule has 0 saturated carbocycles. The Morgan fingerprint density at radius 3 is 1.53 bits per heavy atom. The highest BCUT2D eigenvalue weighted by atomic mass is 28.4. The van der Waals surface area contributed by atoms with Crippen LogP contribution in [-0.2, 0) is 27.7 Å². The van der Waals surface area contributed by atoms with Crippen molar-refractivity contribution in [1.82, 2.24) is 5.32 Å². The molecule has 0 bridgehead atoms. The molecule has 0 spiro atoms. The summed E-state index contributed by atoms with van der Waals surface area (Å²) in [6, 6.07) is 0. The third-order valence-electron chi connectivity index (χ3n) is 1.49. The number of hydrogen-bond donors (Lipinski definition) is 1. The van der Waals surface area contributed by atoms with E-state index in [-0.39, 0.29) is 6.17 Å². The minimum Gasteiger partial charge on any atom is -0.455 e. The fourth-order valence-electron chi connectivity index (χ4n) is 1.11. The Morgan fingerprint density at radius 1 is 0.941 bits per heavy atom. The molecule has 0 fully saturated rings. The highest BCUT2D eigenvalue weighted by Crippen LogP contribution is 2.10. The van der Waals surface area contributed by atoms with E-state index in [0.29, 0.717) is 6.54 Å². The molecule has 0 aliphatic carbocycles. The first kappa shape index (κ1) is 15.6. The normalized spacial score (nSPS) is 10.6. The van der Waals surface area contributed by atoms with Crippen molar-refractivity contribution < 1.29 is 27.7 Å². The van der Waals surface area contributed by atoms with Gasteiger partial charge in [-0.25, -0.2) is 0 Å². The lowest BCUT2D eigenvalue weighted by Gasteiger charge is -2.26. The average molecular weight is 263 g/mol. The predicted molar refractivity (Wildman–Crippen MR) is 59.6 cm³/mol. The van der Waals surface area contributed by atoms with Gasteiger partial charge in [0.1, 0.15) is 6.17 Å². The standard InChI is InChI=1S/C9H17NO6Si/c1-5-10-6-17(14-7(2)11,15-8(3)12)16-9(4)13/h10H,5-6H2,1-4H3. The molecule has 0 atom stereocenters. The summed E-state index contributed by atoms with van der Waals surface area (Å²) in [5, 5.41) is 2.84. The monoisotopic (exact) mass is 263 g/mol. The van der Waals surface area contributed by atoms with Crippen molar-refractivity contribution >= 4 is 26.7 Å². The Bertz CT molecular complexity index is 265. The van der Waals surface area contributed by atoms with E-state index in [1.165, 1.54) is 0 Å². The molecule has 0 radical (unpaired) electrons. The SMILES string of the molecule is CCNC[Si](OC(C)=O)(OC(C)=O)OC(C)=O. The van der Waals surface area contributed by atoms with Crippen molar-refractivity contribution in [3.05, 3.63) is 0 Å². The highest BCUT2D eigenvalue weighted by molar-refractivity contribution is 6.65. The second-order valence-electron chi connectivity index (χ2n) is 3.24. The Kier molecular flexibility index (Phi) is 6.44. The van der Waals surface area contributed by atoms with Crippen LogP contribution in [0, 0.1) is 0 Å². The average Bonchev–Trinajstić information content (AvgIpc) is 2.11. The molecule has 0 heterocycles. The molecule has 0 aliphatic heterocycles. The molecule has 17 heavy (non-hydrogen) atoms. The smallest absolute Gasteiger partial charge is 0.455 e. The van der Waals surface area contributed by atoms with Crippen LogP contribution in [0.15, 0.2) is 0 Å². The zero-order valence-corrected chi connectivity index (χ0v) is 11.4. The molecule has 98 valence electrons. The van der Waals surface area contributed by atoms with Crippen molar-refractivity contribution in [1.29, 1.82) is 0 Å². The zero-order valence-electron chi connectivity index (χ0n) is 10.4. The predicted octanol–water partition coefficient (Wildman–Crippen LogP) is -0.237. The van der Waals surface area contributed by atoms with Gasteiger partial charge in [0.15, 0.2) is 0 Å². The quantitative estimate of drug-likeness (QED) is 0.661. The van der Waals surface area contributed by atoms with E-state index in [1.54, 1.807) is 0 Å². The van der Waals surface area contributed by atoms with Gasteiger partial charge in [0.05, 0.1) is 0 Å². The van der Waals surface area contributed by atoms with Crippen molar-refractivity contribution in [3.8, 4) is 0 Å². The molecule has 0 saturated heterocycles. The molecule has 0 unspecified atom stereocenters. The molecule has 8 heteroatoms. The topological polar surface area (TPSA) is 90.9 Å². The van der Waals surface area contributed by atoms with Crippen molar-refractivity contribution in [2.45, 2.75) is 27.7 Å². The Balaban J connectivity index is 4.95. The van der Waals surface area contributed by atoms with Crippen molar-refractivity contribution in [3.63, 3.8) is 0 Å². The molecule has 0 aromatic carbocycles. The Morgan fingerprint density at radius 2 is 1.29 bits per heavy atom. The second-order valence-corrected chi connectivity index (χ2v) is 5.58. The van der Waals surface area contributed by atoms with Gasteiger partial charge in [-0.3, -0.25) is 14.4 Å². The van der Waals surface area contributed by atoms with Crippen LogP contribution in [-0.4, -0.2) is 39.4 Å². The van der Waals surface area contributed by atoms with Crippen LogP contribution in [0.25, 0.3) is 0 Å². The summed E-state index contributed by atoms with van der Waals surface area (Å²) in [6.07, 6.45) is 0.00222. The van der Waals surface area contributed by atoms with E-state index >= 15 is 0 Å². The Hall–Kier alpha value is -1.41. The van der Waals surface area contributed by atoms with Crippen LogP contribution in [0.5, 0.6) is 0 Å². The van der Waals surface area contributed by atoms with Gasteiger partial charge in [-0.05, 0) is 6.54 Å². The maximum atomic E-state index is 11.0. The summed E-state index contributed by atoms with van der Waals surface area (Å²) < 4.78 is 14.7. The van der Waals surface area contributed by atoms with Crippen LogP contribution >= 0.6 is 0 Å². The van der Waals surface area contributed by atoms with Crippen LogP contribution < -0.4 is 5.32 Å². The molecule has 1 N–H and O–H groups in total. The summed E-state index contributed by atoms with van der Waals surface area (Å²) in [5.74, 6) is -2.01. The zero-order chi connectivity index (χ0) is 13.5. The summed E-state index contributed by atoms with van der Waals surface area (Å²) in [4.78, 5) is 33.0. The molecular formula is C9H17NO6Si. The van der Waals surface area contributed by atoms with Gasteiger partial charge >= 0.3 is 8.80 Å². The third-order valence-corrected chi connectivity index (χ3v) is 3.97. The van der Waals surface area contributed by atoms with E-state index in [9.17, 15) is 14.4 Å². The molecule has 7 nitrogen and oxygen atoms in total. The molecular weight excluding hydrogens is 246 g/mol. The minimum absolute atomic E-state index is 0.00222. The number of carbonyl (C=O) groups excluding carboxylic acids is 3. The van der Waals surface area contributed by atoms with E-state index in [4.69, 9.17) is 13.3 Å². The summed E-state index contributed by atoms with van der Waals surface area (Å²) in [5.41, 5.74) is 0. The summed E-state index contributed by atoms with van der Waals surface area (Å²) in [7, 11) is -3.67. The van der Waals surface area contributed by atoms with Gasteiger partial charge in [-0.2, -0.15) is 0 Å². The van der Waals surface area contributed by atoms with Crippen molar-refractivity contribution in [2.24, 2.45) is 0 Å². The summed E-state index contributed by atoms with van der Waals surface area (Å²) >= 11 is 0. The molecule has 0 aliphatic rings. The van der Waals surface area contributed by atoms with Gasteiger partial charge in [0.25, 0.3) is 17.9 Å². The largest absolute Gasteiger partial charge is 0.719 e. The maximum absolute atomic E-state index is 11.0. The first-order chi connectivity index (χ1) is 7.81. The number of hydrogen-bond acceptors (Lipinski definition) is 7. The Labute approximate surface area is 101 Å². The number of nitrogens with one attached hydrogen (secondary N) is 1. The molecule has 0 aromatic rings. The maximum Gasteiger partial charge on any atom is 0.719 e. The number of carbonyl (C=O) groups is 3. The molecule has 0 amide bonds. The van der Waals surface area contributed by atoms with E-state index in [2.05, 4.69) is 5.32 Å². The van der Waals surface area contributed by atoms with Crippen LogP contribution in [0.1, 0.15) is 27.7 Å². The minimum atomic E-state index is -3.67. The van der Waals surface area contributed by atoms with Crippen LogP contribution in [0.2, 0.25) is 0 Å². The lowest BCUT2D eigenvalue weighted by molar-refractivity contribution is -0.147. The first-order valence-corrected chi connectivity index (χ1v) is 7.04. The van der Waals surface area contributed by atoms with Gasteiger partial charge in [0, 0.05) is 20.8 Å². The third kappa shape index (κ3) is 6.69. The van der Waals surface area contributed by atoms with Gasteiger partial charge in [-0.1, -0.05) is 6.92 Å². The lowest BCUT2D eigenvalue weighted by atomic mass is 10.8. The second kappa shape index (κ2) is 7.02. The van der Waals surface area contributed by atoms with Gasteiger partial charge < -0.3 is 18.6 Å². The highest BCUT2D eigenvalue weighted by Gasteiger charge is 2.51. The fraction of sp³-hybridized carbons (Fsp3) is 0.667. The van der Waals surface area contributed by atoms with E-state index < -0.39 is 26.7 Å². The first-order valence-electron chi connectivity index (χ1n) is 5.10. The summed E-state index contributed by atoms with van der Waals surface area (Å²) in [6.45, 7) is 5.83. The van der Waals surface area contributed by atoms with Gasteiger partial charge in [0.2, 0.25) is 0 Å². The van der Waals surface area contributed by atoms with Crippen LogP contribution in [0.3, 0.4) is 0 Å². The van der Waals surface area contributed by atoms with Crippen LogP contribution in [0.4, 0.5) is 0 Å². The molecule has 0 aromatic heterocycles. The number of rotatable bonds is 6. The molecule has 0 rings (SSSR count). The lowest BCUT2D eigenvalue weighted by Crippen LogP contribution is -2.56. The van der Waals surface area contributed by atoms with E-state index in [1.807, 2.05) is 6.92 Å².